The van der Waals surface area contributed by atoms with Crippen molar-refractivity contribution < 1.29 is 4.79 Å². The molecule has 4 nitrogen and oxygen atoms in total. The lowest BCUT2D eigenvalue weighted by atomic mass is 10.1. The van der Waals surface area contributed by atoms with Crippen LogP contribution < -0.4 is 10.6 Å². The first-order valence-electron chi connectivity index (χ1n) is 6.40. The second-order valence-electron chi connectivity index (χ2n) is 4.61. The monoisotopic (exact) mass is 277 g/mol. The van der Waals surface area contributed by atoms with Crippen molar-refractivity contribution in [1.82, 2.24) is 5.32 Å². The molecule has 0 radical (unpaired) electrons. The van der Waals surface area contributed by atoms with Gasteiger partial charge in [0, 0.05) is 12.2 Å². The molecule has 0 saturated heterocycles. The Balaban J connectivity index is 1.98. The number of aliphatic imine (C=N–C) groups is 1. The predicted molar refractivity (Wildman–Crippen MR) is 81.9 cm³/mol. The molecule has 19 heavy (non-hydrogen) atoms. The summed E-state index contributed by atoms with van der Waals surface area (Å²) >= 11 is 1.47. The normalized spacial score (nSPS) is 15.6. The molecule has 2 N–H and O–H groups in total. The van der Waals surface area contributed by atoms with Gasteiger partial charge in [-0.2, -0.15) is 0 Å². The lowest BCUT2D eigenvalue weighted by Gasteiger charge is -2.14. The number of carbonyl (C=O) groups is 1. The minimum absolute atomic E-state index is 0.00935. The molecular formula is C14H19N3OS. The van der Waals surface area contributed by atoms with E-state index < -0.39 is 0 Å². The fourth-order valence-electron chi connectivity index (χ4n) is 1.80. The first-order valence-corrected chi connectivity index (χ1v) is 7.28. The highest BCUT2D eigenvalue weighted by Crippen LogP contribution is 2.20. The molecule has 5 heteroatoms. The number of nitrogens with zero attached hydrogens (tertiary/aromatic N) is 1. The van der Waals surface area contributed by atoms with Crippen LogP contribution in [-0.4, -0.2) is 29.4 Å². The van der Waals surface area contributed by atoms with Crippen LogP contribution in [0.5, 0.6) is 0 Å². The Hall–Kier alpha value is -1.49. The summed E-state index contributed by atoms with van der Waals surface area (Å²) in [6, 6.07) is 5.93. The van der Waals surface area contributed by atoms with Gasteiger partial charge in [0.15, 0.2) is 5.17 Å². The smallest absolute Gasteiger partial charge is 0.237 e. The molecule has 0 unspecified atom stereocenters. The maximum atomic E-state index is 12.1. The highest BCUT2D eigenvalue weighted by Gasteiger charge is 2.18. The minimum Gasteiger partial charge on any atom is -0.363 e. The van der Waals surface area contributed by atoms with Crippen LogP contribution in [0.25, 0.3) is 0 Å². The molecule has 1 atom stereocenters. The van der Waals surface area contributed by atoms with E-state index >= 15 is 0 Å². The van der Waals surface area contributed by atoms with Crippen molar-refractivity contribution in [3.63, 3.8) is 0 Å². The van der Waals surface area contributed by atoms with Crippen molar-refractivity contribution in [2.24, 2.45) is 4.99 Å². The molecule has 0 aliphatic carbocycles. The zero-order valence-corrected chi connectivity index (χ0v) is 12.3. The average molecular weight is 277 g/mol. The molecule has 0 saturated carbocycles. The van der Waals surface area contributed by atoms with Crippen LogP contribution in [-0.2, 0) is 4.79 Å². The Morgan fingerprint density at radius 1 is 1.47 bits per heavy atom. The van der Waals surface area contributed by atoms with E-state index in [1.54, 1.807) is 0 Å². The maximum Gasteiger partial charge on any atom is 0.237 e. The van der Waals surface area contributed by atoms with Crippen molar-refractivity contribution in [3.8, 4) is 0 Å². The summed E-state index contributed by atoms with van der Waals surface area (Å²) in [7, 11) is 0. The summed E-state index contributed by atoms with van der Waals surface area (Å²) in [5.74, 6) is 0.00935. The maximum absolute atomic E-state index is 12.1. The van der Waals surface area contributed by atoms with Gasteiger partial charge in [-0.1, -0.05) is 23.9 Å². The SMILES string of the molecule is Cc1cccc(NC(=O)[C@@H](C)SC2=NCCN2)c1C. The summed E-state index contributed by atoms with van der Waals surface area (Å²) in [5.41, 5.74) is 3.18. The third-order valence-electron chi connectivity index (χ3n) is 3.16. The number of hydrogen-bond donors (Lipinski definition) is 2. The van der Waals surface area contributed by atoms with Gasteiger partial charge in [0.1, 0.15) is 0 Å². The van der Waals surface area contributed by atoms with E-state index in [-0.39, 0.29) is 11.2 Å². The Morgan fingerprint density at radius 2 is 2.26 bits per heavy atom. The van der Waals surface area contributed by atoms with E-state index in [0.717, 1.165) is 29.5 Å². The molecular weight excluding hydrogens is 258 g/mol. The van der Waals surface area contributed by atoms with Crippen molar-refractivity contribution in [1.29, 1.82) is 0 Å². The number of nitrogens with one attached hydrogen (secondary N) is 2. The summed E-state index contributed by atoms with van der Waals surface area (Å²) in [5, 5.41) is 6.84. The highest BCUT2D eigenvalue weighted by molar-refractivity contribution is 8.14. The topological polar surface area (TPSA) is 53.5 Å². The van der Waals surface area contributed by atoms with Crippen molar-refractivity contribution in [3.05, 3.63) is 29.3 Å². The number of aryl methyl sites for hydroxylation is 1. The Labute approximate surface area is 118 Å². The molecule has 102 valence electrons. The van der Waals surface area contributed by atoms with Gasteiger partial charge < -0.3 is 10.6 Å². The van der Waals surface area contributed by atoms with Crippen molar-refractivity contribution in [2.45, 2.75) is 26.0 Å². The molecule has 1 aromatic carbocycles. The van der Waals surface area contributed by atoms with Gasteiger partial charge in [0.25, 0.3) is 0 Å². The van der Waals surface area contributed by atoms with Crippen LogP contribution in [0.15, 0.2) is 23.2 Å². The molecule has 1 heterocycles. The first kappa shape index (κ1) is 13.9. The quantitative estimate of drug-likeness (QED) is 0.891. The number of anilines is 1. The van der Waals surface area contributed by atoms with E-state index in [2.05, 4.69) is 15.6 Å². The molecule has 0 spiro atoms. The number of carbonyl (C=O) groups excluding carboxylic acids is 1. The Morgan fingerprint density at radius 3 is 2.95 bits per heavy atom. The summed E-state index contributed by atoms with van der Waals surface area (Å²) < 4.78 is 0. The first-order chi connectivity index (χ1) is 9.08. The van der Waals surface area contributed by atoms with E-state index in [1.165, 1.54) is 17.3 Å². The summed E-state index contributed by atoms with van der Waals surface area (Å²) in [4.78, 5) is 16.4. The summed E-state index contributed by atoms with van der Waals surface area (Å²) in [6.07, 6.45) is 0. The number of benzene rings is 1. The molecule has 0 bridgehead atoms. The van der Waals surface area contributed by atoms with Crippen LogP contribution in [0.1, 0.15) is 18.1 Å². The average Bonchev–Trinajstić information content (AvgIpc) is 2.87. The second kappa shape index (κ2) is 6.10. The number of rotatable bonds is 3. The van der Waals surface area contributed by atoms with Gasteiger partial charge in [-0.05, 0) is 38.0 Å². The number of thioether (sulfide) groups is 1. The molecule has 1 aliphatic heterocycles. The fourth-order valence-corrected chi connectivity index (χ4v) is 2.65. The lowest BCUT2D eigenvalue weighted by molar-refractivity contribution is -0.115. The van der Waals surface area contributed by atoms with Gasteiger partial charge in [-0.15, -0.1) is 0 Å². The van der Waals surface area contributed by atoms with Gasteiger partial charge in [-0.25, -0.2) is 0 Å². The third kappa shape index (κ3) is 3.50. The molecule has 1 amide bonds. The number of hydrogen-bond acceptors (Lipinski definition) is 4. The predicted octanol–water partition coefficient (Wildman–Crippen LogP) is 2.32. The zero-order chi connectivity index (χ0) is 13.8. The highest BCUT2D eigenvalue weighted by atomic mass is 32.2. The van der Waals surface area contributed by atoms with Crippen LogP contribution in [0.3, 0.4) is 0 Å². The largest absolute Gasteiger partial charge is 0.363 e. The molecule has 2 rings (SSSR count). The van der Waals surface area contributed by atoms with Crippen LogP contribution in [0.2, 0.25) is 0 Å². The van der Waals surface area contributed by atoms with Crippen molar-refractivity contribution in [2.75, 3.05) is 18.4 Å². The summed E-state index contributed by atoms with van der Waals surface area (Å²) in [6.45, 7) is 7.63. The van der Waals surface area contributed by atoms with E-state index in [4.69, 9.17) is 0 Å². The lowest BCUT2D eigenvalue weighted by Crippen LogP contribution is -2.27. The minimum atomic E-state index is -0.163. The van der Waals surface area contributed by atoms with E-state index in [9.17, 15) is 4.79 Å². The fraction of sp³-hybridized carbons (Fsp3) is 0.429. The number of amidine groups is 1. The standard InChI is InChI=1S/C14H19N3OS/c1-9-5-4-6-12(10(9)2)17-13(18)11(3)19-14-15-7-8-16-14/h4-6,11H,7-8H2,1-3H3,(H,15,16)(H,17,18)/t11-/m1/s1. The molecule has 1 aliphatic rings. The molecule has 0 fully saturated rings. The van der Waals surface area contributed by atoms with Gasteiger partial charge in [-0.3, -0.25) is 9.79 Å². The van der Waals surface area contributed by atoms with Gasteiger partial charge >= 0.3 is 0 Å². The van der Waals surface area contributed by atoms with Gasteiger partial charge in [0.05, 0.1) is 11.8 Å². The van der Waals surface area contributed by atoms with E-state index in [1.807, 2.05) is 39.0 Å². The Bertz CT molecular complexity index is 513. The van der Waals surface area contributed by atoms with Gasteiger partial charge in [0.2, 0.25) is 5.91 Å². The van der Waals surface area contributed by atoms with Crippen LogP contribution in [0, 0.1) is 13.8 Å². The number of amides is 1. The molecule has 1 aromatic rings. The van der Waals surface area contributed by atoms with E-state index in [0.29, 0.717) is 0 Å². The van der Waals surface area contributed by atoms with Crippen LogP contribution in [0.4, 0.5) is 5.69 Å². The Kier molecular flexibility index (Phi) is 4.47. The molecule has 0 aromatic heterocycles. The zero-order valence-electron chi connectivity index (χ0n) is 11.5. The van der Waals surface area contributed by atoms with Crippen molar-refractivity contribution >= 4 is 28.5 Å². The third-order valence-corrected chi connectivity index (χ3v) is 4.23. The second-order valence-corrected chi connectivity index (χ2v) is 5.94. The van der Waals surface area contributed by atoms with Crippen LogP contribution >= 0.6 is 11.8 Å².